The average molecular weight is 334 g/mol. The van der Waals surface area contributed by atoms with Crippen molar-refractivity contribution in [2.24, 2.45) is 0 Å². The topological polar surface area (TPSA) is 60.9 Å². The maximum Gasteiger partial charge on any atom is 0.246 e. The third-order valence-corrected chi connectivity index (χ3v) is 5.52. The Morgan fingerprint density at radius 2 is 2.13 bits per heavy atom. The molecule has 0 aliphatic carbocycles. The highest BCUT2D eigenvalue weighted by Gasteiger charge is 2.31. The zero-order valence-corrected chi connectivity index (χ0v) is 13.9. The van der Waals surface area contributed by atoms with Crippen molar-refractivity contribution in [3.63, 3.8) is 0 Å². The van der Waals surface area contributed by atoms with E-state index in [0.717, 1.165) is 36.2 Å². The Morgan fingerprint density at radius 3 is 2.74 bits per heavy atom. The first-order chi connectivity index (χ1) is 11.2. The van der Waals surface area contributed by atoms with Crippen LogP contribution in [0.25, 0.3) is 6.08 Å². The van der Waals surface area contributed by atoms with Crippen molar-refractivity contribution < 1.29 is 14.7 Å². The number of thiophene rings is 1. The molecule has 2 aliphatic rings. The fourth-order valence-electron chi connectivity index (χ4n) is 3.28. The van der Waals surface area contributed by atoms with E-state index >= 15 is 0 Å². The van der Waals surface area contributed by atoms with E-state index in [2.05, 4.69) is 0 Å². The summed E-state index contributed by atoms with van der Waals surface area (Å²) < 4.78 is 0. The lowest BCUT2D eigenvalue weighted by molar-refractivity contribution is -0.132. The first kappa shape index (κ1) is 16.2. The minimum absolute atomic E-state index is 0.0233. The molecule has 5 nitrogen and oxygen atoms in total. The first-order valence-electron chi connectivity index (χ1n) is 8.12. The van der Waals surface area contributed by atoms with Gasteiger partial charge in [-0.15, -0.1) is 11.3 Å². The van der Waals surface area contributed by atoms with Gasteiger partial charge in [0.05, 0.1) is 6.61 Å². The molecule has 0 bridgehead atoms. The molecular formula is C17H22N2O3S. The van der Waals surface area contributed by atoms with E-state index in [1.54, 1.807) is 6.08 Å². The standard InChI is InChI=1S/C17H22N2O3S/c20-11-13-10-15(23-12-13)3-4-16(21)18-8-5-14(6-9-18)19-7-1-2-17(19)22/h3-4,10,12,14,20H,1-2,5-9,11H2. The first-order valence-corrected chi connectivity index (χ1v) is 9.00. The van der Waals surface area contributed by atoms with Crippen LogP contribution < -0.4 is 0 Å². The molecule has 3 rings (SSSR count). The predicted octanol–water partition coefficient (Wildman–Crippen LogP) is 1.87. The molecule has 2 amide bonds. The van der Waals surface area contributed by atoms with Crippen LogP contribution in [0.1, 0.15) is 36.1 Å². The largest absolute Gasteiger partial charge is 0.392 e. The fourth-order valence-corrected chi connectivity index (χ4v) is 4.07. The van der Waals surface area contributed by atoms with E-state index < -0.39 is 0 Å². The van der Waals surface area contributed by atoms with Crippen LogP contribution in [0, 0.1) is 0 Å². The number of aliphatic hydroxyl groups excluding tert-OH is 1. The molecule has 124 valence electrons. The number of rotatable bonds is 4. The SMILES string of the molecule is O=C(C=Cc1cc(CO)cs1)N1CCC(N2CCCC2=O)CC1. The molecule has 0 aromatic carbocycles. The van der Waals surface area contributed by atoms with Gasteiger partial charge < -0.3 is 14.9 Å². The molecule has 2 fully saturated rings. The lowest BCUT2D eigenvalue weighted by Gasteiger charge is -2.36. The molecule has 1 aromatic rings. The Balaban J connectivity index is 1.50. The Morgan fingerprint density at radius 1 is 1.35 bits per heavy atom. The fraction of sp³-hybridized carbons (Fsp3) is 0.529. The summed E-state index contributed by atoms with van der Waals surface area (Å²) in [5, 5.41) is 10.9. The van der Waals surface area contributed by atoms with Crippen molar-refractivity contribution in [2.75, 3.05) is 19.6 Å². The van der Waals surface area contributed by atoms with Gasteiger partial charge in [-0.05, 0) is 42.3 Å². The molecule has 0 atom stereocenters. The van der Waals surface area contributed by atoms with Crippen molar-refractivity contribution in [1.29, 1.82) is 0 Å². The third-order valence-electron chi connectivity index (χ3n) is 4.57. The quantitative estimate of drug-likeness (QED) is 0.855. The monoisotopic (exact) mass is 334 g/mol. The number of piperidine rings is 1. The van der Waals surface area contributed by atoms with Crippen molar-refractivity contribution in [3.8, 4) is 0 Å². The van der Waals surface area contributed by atoms with E-state index in [9.17, 15) is 9.59 Å². The van der Waals surface area contributed by atoms with Crippen LogP contribution in [0.3, 0.4) is 0 Å². The maximum atomic E-state index is 12.3. The van der Waals surface area contributed by atoms with Gasteiger partial charge in [0.25, 0.3) is 0 Å². The van der Waals surface area contributed by atoms with Crippen LogP contribution in [-0.4, -0.2) is 52.4 Å². The summed E-state index contributed by atoms with van der Waals surface area (Å²) in [6.45, 7) is 2.33. The number of carbonyl (C=O) groups excluding carboxylic acids is 2. The maximum absolute atomic E-state index is 12.3. The van der Waals surface area contributed by atoms with Crippen LogP contribution >= 0.6 is 11.3 Å². The summed E-state index contributed by atoms with van der Waals surface area (Å²) in [6, 6.07) is 2.20. The molecule has 0 saturated carbocycles. The van der Waals surface area contributed by atoms with Gasteiger partial charge in [0.2, 0.25) is 11.8 Å². The Kier molecular flexibility index (Phi) is 5.13. The zero-order valence-electron chi connectivity index (χ0n) is 13.1. The highest BCUT2D eigenvalue weighted by molar-refractivity contribution is 7.11. The van der Waals surface area contributed by atoms with Gasteiger partial charge in [-0.3, -0.25) is 9.59 Å². The number of hydrogen-bond acceptors (Lipinski definition) is 4. The molecule has 3 heterocycles. The highest BCUT2D eigenvalue weighted by Crippen LogP contribution is 2.22. The molecule has 6 heteroatoms. The molecular weight excluding hydrogens is 312 g/mol. The van der Waals surface area contributed by atoms with Gasteiger partial charge in [0.15, 0.2) is 0 Å². The molecule has 2 saturated heterocycles. The number of carbonyl (C=O) groups is 2. The highest BCUT2D eigenvalue weighted by atomic mass is 32.1. The second kappa shape index (κ2) is 7.27. The summed E-state index contributed by atoms with van der Waals surface area (Å²) >= 11 is 1.52. The molecule has 1 N–H and O–H groups in total. The van der Waals surface area contributed by atoms with Gasteiger partial charge >= 0.3 is 0 Å². The number of hydrogen-bond donors (Lipinski definition) is 1. The number of aliphatic hydroxyl groups is 1. The Bertz CT molecular complexity index is 603. The van der Waals surface area contributed by atoms with Crippen LogP contribution in [0.15, 0.2) is 17.5 Å². The molecule has 0 radical (unpaired) electrons. The molecule has 1 aromatic heterocycles. The Labute approximate surface area is 140 Å². The van der Waals surface area contributed by atoms with Gasteiger partial charge in [-0.25, -0.2) is 0 Å². The average Bonchev–Trinajstić information content (AvgIpc) is 3.21. The van der Waals surface area contributed by atoms with Gasteiger partial charge in [0.1, 0.15) is 0 Å². The van der Waals surface area contributed by atoms with E-state index in [-0.39, 0.29) is 18.4 Å². The third kappa shape index (κ3) is 3.82. The number of nitrogens with zero attached hydrogens (tertiary/aromatic N) is 2. The van der Waals surface area contributed by atoms with Crippen LogP contribution in [0.5, 0.6) is 0 Å². The zero-order chi connectivity index (χ0) is 16.2. The van der Waals surface area contributed by atoms with Crippen molar-refractivity contribution in [2.45, 2.75) is 38.3 Å². The lowest BCUT2D eigenvalue weighted by Crippen LogP contribution is -2.46. The minimum Gasteiger partial charge on any atom is -0.392 e. The molecule has 0 unspecified atom stereocenters. The van der Waals surface area contributed by atoms with Crippen LogP contribution in [0.2, 0.25) is 0 Å². The summed E-state index contributed by atoms with van der Waals surface area (Å²) in [4.78, 5) is 28.9. The van der Waals surface area contributed by atoms with Gasteiger partial charge in [-0.2, -0.15) is 0 Å². The van der Waals surface area contributed by atoms with E-state index in [1.165, 1.54) is 11.3 Å². The van der Waals surface area contributed by atoms with Crippen molar-refractivity contribution in [3.05, 3.63) is 28.0 Å². The summed E-state index contributed by atoms with van der Waals surface area (Å²) in [5.74, 6) is 0.294. The second-order valence-electron chi connectivity index (χ2n) is 6.10. The molecule has 23 heavy (non-hydrogen) atoms. The van der Waals surface area contributed by atoms with E-state index in [0.29, 0.717) is 25.6 Å². The van der Waals surface area contributed by atoms with Gasteiger partial charge in [-0.1, -0.05) is 0 Å². The number of likely N-dealkylation sites (tertiary alicyclic amines) is 2. The van der Waals surface area contributed by atoms with Crippen LogP contribution in [-0.2, 0) is 16.2 Å². The smallest absolute Gasteiger partial charge is 0.246 e. The number of amides is 2. The van der Waals surface area contributed by atoms with Crippen LogP contribution in [0.4, 0.5) is 0 Å². The normalized spacial score (nSPS) is 20.0. The summed E-state index contributed by atoms with van der Waals surface area (Å²) in [5.41, 5.74) is 0.873. The minimum atomic E-state index is 0.0233. The lowest BCUT2D eigenvalue weighted by atomic mass is 10.0. The predicted molar refractivity (Wildman–Crippen MR) is 89.8 cm³/mol. The van der Waals surface area contributed by atoms with Crippen molar-refractivity contribution in [1.82, 2.24) is 9.80 Å². The van der Waals surface area contributed by atoms with Crippen molar-refractivity contribution >= 4 is 29.2 Å². The second-order valence-corrected chi connectivity index (χ2v) is 7.04. The molecule has 2 aliphatic heterocycles. The van der Waals surface area contributed by atoms with E-state index in [1.807, 2.05) is 27.3 Å². The summed E-state index contributed by atoms with van der Waals surface area (Å²) in [6.07, 6.45) is 6.81. The van der Waals surface area contributed by atoms with Gasteiger partial charge in [0, 0.05) is 43.1 Å². The van der Waals surface area contributed by atoms with E-state index in [4.69, 9.17) is 5.11 Å². The Hall–Kier alpha value is -1.66. The molecule has 0 spiro atoms. The summed E-state index contributed by atoms with van der Waals surface area (Å²) in [7, 11) is 0.